The molecular weight excluding hydrogens is 1100 g/mol. The summed E-state index contributed by atoms with van der Waals surface area (Å²) in [5.41, 5.74) is 28.7. The van der Waals surface area contributed by atoms with Gasteiger partial charge in [0.25, 0.3) is 0 Å². The molecule has 2 nitrogen and oxygen atoms in total. The van der Waals surface area contributed by atoms with E-state index < -0.39 is 0 Å². The molecule has 15 aromatic carbocycles. The molecule has 1 aromatic heterocycles. The Hall–Kier alpha value is -11.6. The average Bonchev–Trinajstić information content (AvgIpc) is 1.77. The molecule has 1 aliphatic rings. The van der Waals surface area contributed by atoms with Crippen LogP contribution in [0.1, 0.15) is 25.0 Å². The van der Waals surface area contributed by atoms with Gasteiger partial charge in [0.05, 0.1) is 11.0 Å². The Morgan fingerprint density at radius 3 is 1.09 bits per heavy atom. The molecule has 0 radical (unpaired) electrons. The van der Waals surface area contributed by atoms with Gasteiger partial charge in [-0.15, -0.1) is 0 Å². The molecule has 0 amide bonds. The maximum absolute atomic E-state index is 2.49. The van der Waals surface area contributed by atoms with E-state index in [9.17, 15) is 0 Å². The molecule has 17 rings (SSSR count). The number of anilines is 3. The molecule has 0 aliphatic heterocycles. The highest BCUT2D eigenvalue weighted by Gasteiger charge is 2.37. The lowest BCUT2D eigenvalue weighted by atomic mass is 9.80. The highest BCUT2D eigenvalue weighted by atomic mass is 15.1. The van der Waals surface area contributed by atoms with Crippen LogP contribution >= 0.6 is 0 Å². The molecule has 0 N–H and O–H groups in total. The van der Waals surface area contributed by atoms with E-state index in [4.69, 9.17) is 0 Å². The summed E-state index contributed by atoms with van der Waals surface area (Å²) in [5.74, 6) is 0. The number of nitrogens with zero attached hydrogens (tertiary/aromatic N) is 2. The van der Waals surface area contributed by atoms with Gasteiger partial charge in [0.2, 0.25) is 0 Å². The number of rotatable bonds is 11. The first-order valence-electron chi connectivity index (χ1n) is 31.6. The Morgan fingerprint density at radius 1 is 0.231 bits per heavy atom. The molecule has 0 fully saturated rings. The molecule has 0 bridgehead atoms. The smallest absolute Gasteiger partial charge is 0.0541 e. The van der Waals surface area contributed by atoms with E-state index in [1.807, 2.05) is 0 Å². The van der Waals surface area contributed by atoms with Gasteiger partial charge in [-0.3, -0.25) is 0 Å². The van der Waals surface area contributed by atoms with Crippen LogP contribution < -0.4 is 4.90 Å². The molecule has 0 unspecified atom stereocenters. The molecule has 0 atom stereocenters. The Labute approximate surface area is 531 Å². The summed E-state index contributed by atoms with van der Waals surface area (Å²) in [6.45, 7) is 4.82. The van der Waals surface area contributed by atoms with Crippen LogP contribution in [-0.4, -0.2) is 4.57 Å². The molecule has 91 heavy (non-hydrogen) atoms. The van der Waals surface area contributed by atoms with Crippen molar-refractivity contribution < 1.29 is 0 Å². The van der Waals surface area contributed by atoms with Gasteiger partial charge < -0.3 is 9.47 Å². The van der Waals surface area contributed by atoms with E-state index in [2.05, 4.69) is 363 Å². The predicted octanol–water partition coefficient (Wildman–Crippen LogP) is 24.5. The fraction of sp³-hybridized carbons (Fsp3) is 0.0337. The van der Waals surface area contributed by atoms with E-state index in [0.717, 1.165) is 33.8 Å². The third-order valence-corrected chi connectivity index (χ3v) is 19.2. The lowest BCUT2D eigenvalue weighted by Gasteiger charge is -2.28. The van der Waals surface area contributed by atoms with Crippen molar-refractivity contribution in [3.63, 3.8) is 0 Å². The zero-order valence-electron chi connectivity index (χ0n) is 50.7. The van der Waals surface area contributed by atoms with E-state index in [0.29, 0.717) is 0 Å². The first kappa shape index (κ1) is 53.6. The second-order valence-electron chi connectivity index (χ2n) is 24.7. The van der Waals surface area contributed by atoms with Crippen LogP contribution in [0.25, 0.3) is 138 Å². The minimum absolute atomic E-state index is 0.293. The van der Waals surface area contributed by atoms with Gasteiger partial charge in [-0.25, -0.2) is 0 Å². The van der Waals surface area contributed by atoms with Crippen LogP contribution in [0, 0.1) is 0 Å². The van der Waals surface area contributed by atoms with Crippen molar-refractivity contribution in [3.05, 3.63) is 351 Å². The summed E-state index contributed by atoms with van der Waals surface area (Å²) in [7, 11) is 0. The Balaban J connectivity index is 0.753. The summed E-state index contributed by atoms with van der Waals surface area (Å²) in [6, 6.07) is 125. The predicted molar refractivity (Wildman–Crippen MR) is 386 cm³/mol. The molecule has 1 aliphatic carbocycles. The van der Waals surface area contributed by atoms with Gasteiger partial charge in [-0.1, -0.05) is 275 Å². The number of hydrogen-bond acceptors (Lipinski definition) is 1. The SMILES string of the molecule is CC1(C)c2cc(-c3c4ccccc4c(-c4ccc(-c5ccccc5)cc4)c4ccccc34)ccc2-c2ccc(N(c3ccccc3)c3ccc(-n4c5ccc(-c6ccccc6-c6ccccc6)cc5c5cc(-c6ccccc6-c6ccccc6)ccc54)cc3)cc21. The van der Waals surface area contributed by atoms with Crippen LogP contribution in [0.5, 0.6) is 0 Å². The number of aromatic nitrogens is 1. The molecule has 1 heterocycles. The van der Waals surface area contributed by atoms with E-state index in [1.165, 1.54) is 132 Å². The molecule has 16 aromatic rings. The van der Waals surface area contributed by atoms with Crippen LogP contribution in [-0.2, 0) is 5.41 Å². The number of para-hydroxylation sites is 1. The minimum Gasteiger partial charge on any atom is -0.310 e. The van der Waals surface area contributed by atoms with E-state index >= 15 is 0 Å². The minimum atomic E-state index is -0.293. The van der Waals surface area contributed by atoms with Crippen molar-refractivity contribution >= 4 is 60.4 Å². The molecular formula is C89H62N2. The first-order chi connectivity index (χ1) is 44.9. The van der Waals surface area contributed by atoms with Crippen LogP contribution in [0.15, 0.2) is 340 Å². The van der Waals surface area contributed by atoms with Crippen molar-refractivity contribution in [3.8, 4) is 94.7 Å². The van der Waals surface area contributed by atoms with Gasteiger partial charge in [0.1, 0.15) is 0 Å². The summed E-state index contributed by atoms with van der Waals surface area (Å²) < 4.78 is 2.45. The molecule has 0 spiro atoms. The Morgan fingerprint density at radius 2 is 0.582 bits per heavy atom. The summed E-state index contributed by atoms with van der Waals surface area (Å²) in [5, 5.41) is 7.44. The molecule has 0 saturated carbocycles. The fourth-order valence-corrected chi connectivity index (χ4v) is 14.9. The Kier molecular flexibility index (Phi) is 12.9. The molecule has 2 heteroatoms. The topological polar surface area (TPSA) is 8.17 Å². The quantitative estimate of drug-likeness (QED) is 0.117. The van der Waals surface area contributed by atoms with Gasteiger partial charge >= 0.3 is 0 Å². The lowest BCUT2D eigenvalue weighted by molar-refractivity contribution is 0.660. The number of fused-ring (bicyclic) bond motifs is 8. The highest BCUT2D eigenvalue weighted by molar-refractivity contribution is 6.22. The second-order valence-corrected chi connectivity index (χ2v) is 24.7. The van der Waals surface area contributed by atoms with Crippen molar-refractivity contribution in [1.82, 2.24) is 4.57 Å². The number of hydrogen-bond donors (Lipinski definition) is 0. The zero-order chi connectivity index (χ0) is 60.6. The van der Waals surface area contributed by atoms with Crippen LogP contribution in [0.2, 0.25) is 0 Å². The highest BCUT2D eigenvalue weighted by Crippen LogP contribution is 2.53. The summed E-state index contributed by atoms with van der Waals surface area (Å²) >= 11 is 0. The van der Waals surface area contributed by atoms with Crippen LogP contribution in [0.3, 0.4) is 0 Å². The van der Waals surface area contributed by atoms with Gasteiger partial charge in [0.15, 0.2) is 0 Å². The van der Waals surface area contributed by atoms with Crippen molar-refractivity contribution in [2.75, 3.05) is 4.90 Å². The normalized spacial score (nSPS) is 12.4. The third kappa shape index (κ3) is 9.09. The Bertz CT molecular complexity index is 5250. The van der Waals surface area contributed by atoms with E-state index in [-0.39, 0.29) is 5.41 Å². The monoisotopic (exact) mass is 1160 g/mol. The van der Waals surface area contributed by atoms with Gasteiger partial charge in [0, 0.05) is 38.9 Å². The fourth-order valence-electron chi connectivity index (χ4n) is 14.9. The number of benzene rings is 15. The van der Waals surface area contributed by atoms with Crippen molar-refractivity contribution in [2.24, 2.45) is 0 Å². The van der Waals surface area contributed by atoms with Gasteiger partial charge in [-0.2, -0.15) is 0 Å². The standard InChI is InChI=1S/C89H62N2/c1-89(2)83-57-66(88-79-37-21-19-35-77(79)87(78-36-20-22-38-80(78)88)63-41-39-60(40-42-63)59-23-7-3-8-24-59)43-51-75(83)76-52-50-70(58-84(76)89)90(67-29-13-6-14-30-67)68-46-48-69(49-47-68)91-85-53-44-64(73-33-17-15-31-71(73)61-25-9-4-10-26-61)55-81(85)82-56-65(45-54-86(82)91)74-34-18-16-32-72(74)62-27-11-5-12-28-62/h3-58H,1-2H3. The van der Waals surface area contributed by atoms with Crippen molar-refractivity contribution in [2.45, 2.75) is 19.3 Å². The van der Waals surface area contributed by atoms with E-state index in [1.54, 1.807) is 0 Å². The average molecular weight is 1160 g/mol. The molecule has 428 valence electrons. The maximum Gasteiger partial charge on any atom is 0.0541 e. The maximum atomic E-state index is 2.49. The zero-order valence-corrected chi connectivity index (χ0v) is 50.7. The summed E-state index contributed by atoms with van der Waals surface area (Å²) in [4.78, 5) is 2.42. The largest absolute Gasteiger partial charge is 0.310 e. The lowest BCUT2D eigenvalue weighted by Crippen LogP contribution is -2.16. The van der Waals surface area contributed by atoms with Crippen LogP contribution in [0.4, 0.5) is 17.1 Å². The summed E-state index contributed by atoms with van der Waals surface area (Å²) in [6.07, 6.45) is 0. The molecule has 0 saturated heterocycles. The van der Waals surface area contributed by atoms with Crippen molar-refractivity contribution in [1.29, 1.82) is 0 Å². The first-order valence-corrected chi connectivity index (χ1v) is 31.6. The van der Waals surface area contributed by atoms with Gasteiger partial charge in [-0.05, 0) is 201 Å². The third-order valence-electron chi connectivity index (χ3n) is 19.2. The second kappa shape index (κ2) is 21.9.